The van der Waals surface area contributed by atoms with Crippen molar-refractivity contribution in [2.24, 2.45) is 4.99 Å². The number of benzene rings is 1. The molecule has 0 amide bonds. The molecule has 0 spiro atoms. The normalized spacial score (nSPS) is 15.5. The van der Waals surface area contributed by atoms with Crippen LogP contribution in [0.15, 0.2) is 27.7 Å². The van der Waals surface area contributed by atoms with Crippen LogP contribution >= 0.6 is 15.9 Å². The molecule has 0 N–H and O–H groups in total. The maximum absolute atomic E-state index is 10.1. The summed E-state index contributed by atoms with van der Waals surface area (Å²) in [6, 6.07) is 6.02. The standard InChI is InChI=1S/C12H13BrN2O2/c13-11-7-10(8-14-9-16)1-2-12(11)15-3-5-17-6-4-15/h1-2,7H,3-6,8H2. The van der Waals surface area contributed by atoms with Crippen molar-refractivity contribution in [2.45, 2.75) is 6.54 Å². The highest BCUT2D eigenvalue weighted by Gasteiger charge is 2.13. The molecule has 1 aliphatic heterocycles. The second kappa shape index (κ2) is 5.96. The molecule has 0 aliphatic carbocycles. The number of anilines is 1. The van der Waals surface area contributed by atoms with E-state index in [4.69, 9.17) is 4.74 Å². The first-order valence-electron chi connectivity index (χ1n) is 5.46. The summed E-state index contributed by atoms with van der Waals surface area (Å²) >= 11 is 3.55. The van der Waals surface area contributed by atoms with E-state index in [9.17, 15) is 4.79 Å². The van der Waals surface area contributed by atoms with Gasteiger partial charge in [0.2, 0.25) is 6.08 Å². The van der Waals surface area contributed by atoms with E-state index in [0.717, 1.165) is 42.0 Å². The molecule has 0 atom stereocenters. The van der Waals surface area contributed by atoms with E-state index in [-0.39, 0.29) is 0 Å². The maximum Gasteiger partial charge on any atom is 0.235 e. The van der Waals surface area contributed by atoms with Gasteiger partial charge in [-0.05, 0) is 33.6 Å². The van der Waals surface area contributed by atoms with Gasteiger partial charge in [0, 0.05) is 17.6 Å². The molecule has 5 heteroatoms. The van der Waals surface area contributed by atoms with Crippen LogP contribution in [0, 0.1) is 0 Å². The van der Waals surface area contributed by atoms with E-state index in [1.807, 2.05) is 18.2 Å². The summed E-state index contributed by atoms with van der Waals surface area (Å²) in [6.07, 6.45) is 1.55. The van der Waals surface area contributed by atoms with Crippen LogP contribution in [0.3, 0.4) is 0 Å². The molecular formula is C12H13BrN2O2. The molecule has 1 heterocycles. The monoisotopic (exact) mass is 296 g/mol. The number of halogens is 1. The van der Waals surface area contributed by atoms with Crippen LogP contribution < -0.4 is 4.90 Å². The molecule has 0 bridgehead atoms. The topological polar surface area (TPSA) is 41.9 Å². The quantitative estimate of drug-likeness (QED) is 0.634. The summed E-state index contributed by atoms with van der Waals surface area (Å²) < 4.78 is 6.35. The number of aliphatic imine (C=N–C) groups is 1. The fraction of sp³-hybridized carbons (Fsp3) is 0.417. The number of hydrogen-bond donors (Lipinski definition) is 0. The first kappa shape index (κ1) is 12.3. The second-order valence-electron chi connectivity index (χ2n) is 3.79. The van der Waals surface area contributed by atoms with Crippen molar-refractivity contribution in [1.29, 1.82) is 0 Å². The number of ether oxygens (including phenoxy) is 1. The van der Waals surface area contributed by atoms with Gasteiger partial charge in [-0.2, -0.15) is 0 Å². The van der Waals surface area contributed by atoms with Crippen LogP contribution in [0.5, 0.6) is 0 Å². The summed E-state index contributed by atoms with van der Waals surface area (Å²) in [5.74, 6) is 0. The zero-order chi connectivity index (χ0) is 12.1. The van der Waals surface area contributed by atoms with Crippen LogP contribution in [0.1, 0.15) is 5.56 Å². The molecule has 17 heavy (non-hydrogen) atoms. The minimum absolute atomic E-state index is 0.380. The van der Waals surface area contributed by atoms with Crippen LogP contribution in [-0.4, -0.2) is 32.4 Å². The molecule has 4 nitrogen and oxygen atoms in total. The van der Waals surface area contributed by atoms with Crippen molar-refractivity contribution in [2.75, 3.05) is 31.2 Å². The summed E-state index contributed by atoms with van der Waals surface area (Å²) in [5, 5.41) is 0. The smallest absolute Gasteiger partial charge is 0.235 e. The van der Waals surface area contributed by atoms with Gasteiger partial charge in [-0.25, -0.2) is 9.79 Å². The Kier molecular flexibility index (Phi) is 4.31. The summed E-state index contributed by atoms with van der Waals surface area (Å²) in [4.78, 5) is 15.9. The Labute approximate surface area is 108 Å². The Balaban J connectivity index is 2.15. The molecule has 0 radical (unpaired) electrons. The van der Waals surface area contributed by atoms with E-state index in [2.05, 4.69) is 25.8 Å². The van der Waals surface area contributed by atoms with Gasteiger partial charge < -0.3 is 9.64 Å². The lowest BCUT2D eigenvalue weighted by Gasteiger charge is -2.29. The highest BCUT2D eigenvalue weighted by Crippen LogP contribution is 2.28. The van der Waals surface area contributed by atoms with Crippen molar-refractivity contribution in [3.8, 4) is 0 Å². The highest BCUT2D eigenvalue weighted by atomic mass is 79.9. The first-order chi connectivity index (χ1) is 8.31. The zero-order valence-corrected chi connectivity index (χ0v) is 10.9. The molecule has 1 fully saturated rings. The Morgan fingerprint density at radius 3 is 2.82 bits per heavy atom. The summed E-state index contributed by atoms with van der Waals surface area (Å²) in [7, 11) is 0. The average molecular weight is 297 g/mol. The number of morpholine rings is 1. The number of hydrogen-bond acceptors (Lipinski definition) is 4. The number of carbonyl (C=O) groups excluding carboxylic acids is 1. The van der Waals surface area contributed by atoms with Crippen molar-refractivity contribution in [3.05, 3.63) is 28.2 Å². The number of isocyanates is 1. The van der Waals surface area contributed by atoms with Crippen molar-refractivity contribution >= 4 is 27.7 Å². The Bertz CT molecular complexity index is 438. The minimum Gasteiger partial charge on any atom is -0.378 e. The van der Waals surface area contributed by atoms with E-state index in [1.54, 1.807) is 6.08 Å². The summed E-state index contributed by atoms with van der Waals surface area (Å²) in [6.45, 7) is 3.73. The van der Waals surface area contributed by atoms with Gasteiger partial charge in [0.25, 0.3) is 0 Å². The molecule has 0 unspecified atom stereocenters. The molecule has 1 aromatic carbocycles. The van der Waals surface area contributed by atoms with Crippen LogP contribution in [-0.2, 0) is 16.1 Å². The van der Waals surface area contributed by atoms with Crippen molar-refractivity contribution < 1.29 is 9.53 Å². The van der Waals surface area contributed by atoms with Gasteiger partial charge in [0.1, 0.15) is 0 Å². The largest absolute Gasteiger partial charge is 0.378 e. The molecule has 0 saturated carbocycles. The third-order valence-corrected chi connectivity index (χ3v) is 3.33. The van der Waals surface area contributed by atoms with Gasteiger partial charge in [0.15, 0.2) is 0 Å². The van der Waals surface area contributed by atoms with Crippen molar-refractivity contribution in [1.82, 2.24) is 0 Å². The molecule has 0 aromatic heterocycles. The van der Waals surface area contributed by atoms with Crippen LogP contribution in [0.2, 0.25) is 0 Å². The Morgan fingerprint density at radius 1 is 1.41 bits per heavy atom. The lowest BCUT2D eigenvalue weighted by Crippen LogP contribution is -2.36. The highest BCUT2D eigenvalue weighted by molar-refractivity contribution is 9.10. The molecular weight excluding hydrogens is 284 g/mol. The van der Waals surface area contributed by atoms with Gasteiger partial charge in [-0.3, -0.25) is 0 Å². The lowest BCUT2D eigenvalue weighted by molar-refractivity contribution is 0.122. The van der Waals surface area contributed by atoms with Gasteiger partial charge in [-0.1, -0.05) is 6.07 Å². The van der Waals surface area contributed by atoms with Gasteiger partial charge in [0.05, 0.1) is 25.4 Å². The third-order valence-electron chi connectivity index (χ3n) is 2.69. The molecule has 1 aliphatic rings. The molecule has 90 valence electrons. The first-order valence-corrected chi connectivity index (χ1v) is 6.25. The average Bonchev–Trinajstić information content (AvgIpc) is 2.37. The SMILES string of the molecule is O=C=NCc1ccc(N2CCOCC2)c(Br)c1. The maximum atomic E-state index is 10.1. The summed E-state index contributed by atoms with van der Waals surface area (Å²) in [5.41, 5.74) is 2.16. The molecule has 1 saturated heterocycles. The predicted molar refractivity (Wildman–Crippen MR) is 69.0 cm³/mol. The van der Waals surface area contributed by atoms with E-state index in [1.165, 1.54) is 0 Å². The lowest BCUT2D eigenvalue weighted by atomic mass is 10.2. The fourth-order valence-corrected chi connectivity index (χ4v) is 2.51. The zero-order valence-electron chi connectivity index (χ0n) is 9.36. The van der Waals surface area contributed by atoms with E-state index >= 15 is 0 Å². The number of nitrogens with zero attached hydrogens (tertiary/aromatic N) is 2. The van der Waals surface area contributed by atoms with Crippen LogP contribution in [0.4, 0.5) is 5.69 Å². The van der Waals surface area contributed by atoms with E-state index < -0.39 is 0 Å². The second-order valence-corrected chi connectivity index (χ2v) is 4.65. The van der Waals surface area contributed by atoms with Gasteiger partial charge in [-0.15, -0.1) is 0 Å². The van der Waals surface area contributed by atoms with Crippen molar-refractivity contribution in [3.63, 3.8) is 0 Å². The van der Waals surface area contributed by atoms with Gasteiger partial charge >= 0.3 is 0 Å². The molecule has 1 aromatic rings. The Hall–Kier alpha value is -1.16. The van der Waals surface area contributed by atoms with E-state index in [0.29, 0.717) is 6.54 Å². The number of rotatable bonds is 3. The molecule has 2 rings (SSSR count). The van der Waals surface area contributed by atoms with Crippen LogP contribution in [0.25, 0.3) is 0 Å². The Morgan fingerprint density at radius 2 is 2.18 bits per heavy atom. The minimum atomic E-state index is 0.380. The predicted octanol–water partition coefficient (Wildman–Crippen LogP) is 2.12. The third kappa shape index (κ3) is 3.16. The fourth-order valence-electron chi connectivity index (χ4n) is 1.83.